The van der Waals surface area contributed by atoms with Crippen molar-refractivity contribution in [3.8, 4) is 0 Å². The molecule has 1 heterocycles. The SMILES string of the molecule is [2H]c1ccc2c(c1)CCC1(CCC1)[C@H]2c1ccc(N2CCC(C(OC)OC)CC2)cc1. The van der Waals surface area contributed by atoms with E-state index in [0.717, 1.165) is 32.4 Å². The van der Waals surface area contributed by atoms with Crippen LogP contribution in [-0.4, -0.2) is 33.6 Å². The number of methoxy groups -OCH3 is 2. The van der Waals surface area contributed by atoms with Gasteiger partial charge < -0.3 is 14.4 Å². The summed E-state index contributed by atoms with van der Waals surface area (Å²) in [5.74, 6) is 0.958. The molecule has 30 heavy (non-hydrogen) atoms. The normalized spacial score (nSPS) is 23.9. The number of aryl methyl sites for hydroxylation is 1. The molecule has 1 saturated heterocycles. The van der Waals surface area contributed by atoms with Gasteiger partial charge in [0.15, 0.2) is 6.29 Å². The molecule has 0 N–H and O–H groups in total. The number of hydrogen-bond donors (Lipinski definition) is 0. The first-order valence-corrected chi connectivity index (χ1v) is 11.6. The second-order valence-corrected chi connectivity index (χ2v) is 9.53. The van der Waals surface area contributed by atoms with Gasteiger partial charge in [0.2, 0.25) is 0 Å². The first kappa shape index (κ1) is 18.9. The Morgan fingerprint density at radius 1 is 1.00 bits per heavy atom. The van der Waals surface area contributed by atoms with Crippen molar-refractivity contribution in [3.63, 3.8) is 0 Å². The lowest BCUT2D eigenvalue weighted by molar-refractivity contribution is -0.141. The molecule has 1 saturated carbocycles. The Kier molecular flexibility index (Phi) is 5.26. The lowest BCUT2D eigenvalue weighted by Crippen LogP contribution is -2.40. The van der Waals surface area contributed by atoms with Gasteiger partial charge in [-0.2, -0.15) is 0 Å². The van der Waals surface area contributed by atoms with E-state index in [1.165, 1.54) is 48.1 Å². The highest BCUT2D eigenvalue weighted by atomic mass is 16.7. The highest BCUT2D eigenvalue weighted by Crippen LogP contribution is 2.59. The van der Waals surface area contributed by atoms with Crippen LogP contribution in [0.1, 0.15) is 62.5 Å². The monoisotopic (exact) mass is 406 g/mol. The molecule has 2 aromatic carbocycles. The van der Waals surface area contributed by atoms with Crippen LogP contribution in [0.2, 0.25) is 0 Å². The molecule has 5 rings (SSSR count). The second kappa shape index (κ2) is 8.36. The number of nitrogens with zero attached hydrogens (tertiary/aromatic N) is 1. The predicted octanol–water partition coefficient (Wildman–Crippen LogP) is 5.77. The van der Waals surface area contributed by atoms with Crippen molar-refractivity contribution in [2.75, 3.05) is 32.2 Å². The van der Waals surface area contributed by atoms with Crippen molar-refractivity contribution < 1.29 is 10.8 Å². The molecule has 2 aliphatic carbocycles. The number of ether oxygens (including phenoxy) is 2. The van der Waals surface area contributed by atoms with E-state index >= 15 is 0 Å². The van der Waals surface area contributed by atoms with E-state index < -0.39 is 0 Å². The van der Waals surface area contributed by atoms with Crippen LogP contribution in [0, 0.1) is 11.3 Å². The molecule has 3 aliphatic rings. The quantitative estimate of drug-likeness (QED) is 0.588. The predicted molar refractivity (Wildman–Crippen MR) is 122 cm³/mol. The smallest absolute Gasteiger partial charge is 0.159 e. The topological polar surface area (TPSA) is 21.7 Å². The largest absolute Gasteiger partial charge is 0.372 e. The third-order valence-electron chi connectivity index (χ3n) is 8.13. The Labute approximate surface area is 182 Å². The van der Waals surface area contributed by atoms with E-state index in [2.05, 4.69) is 41.3 Å². The number of anilines is 1. The summed E-state index contributed by atoms with van der Waals surface area (Å²) in [4.78, 5) is 2.50. The van der Waals surface area contributed by atoms with Crippen molar-refractivity contribution in [3.05, 3.63) is 65.2 Å². The summed E-state index contributed by atoms with van der Waals surface area (Å²) in [6.07, 6.45) is 8.56. The molecule has 0 unspecified atom stereocenters. The van der Waals surface area contributed by atoms with Crippen LogP contribution >= 0.6 is 0 Å². The van der Waals surface area contributed by atoms with Crippen LogP contribution in [0.5, 0.6) is 0 Å². The highest BCUT2D eigenvalue weighted by Gasteiger charge is 2.47. The van der Waals surface area contributed by atoms with E-state index in [9.17, 15) is 0 Å². The molecule has 1 spiro atoms. The summed E-state index contributed by atoms with van der Waals surface area (Å²) in [6.45, 7) is 2.10. The molecule has 0 radical (unpaired) electrons. The van der Waals surface area contributed by atoms with Gasteiger partial charge in [-0.1, -0.05) is 42.8 Å². The molecule has 0 bridgehead atoms. The van der Waals surface area contributed by atoms with Gasteiger partial charge in [0.1, 0.15) is 0 Å². The van der Waals surface area contributed by atoms with Crippen LogP contribution in [0.25, 0.3) is 0 Å². The van der Waals surface area contributed by atoms with Gasteiger partial charge >= 0.3 is 0 Å². The van der Waals surface area contributed by atoms with Crippen molar-refractivity contribution in [1.29, 1.82) is 0 Å². The van der Waals surface area contributed by atoms with Gasteiger partial charge in [-0.3, -0.25) is 0 Å². The first-order valence-electron chi connectivity index (χ1n) is 12.1. The van der Waals surface area contributed by atoms with Crippen LogP contribution in [0.15, 0.2) is 48.5 Å². The van der Waals surface area contributed by atoms with Crippen molar-refractivity contribution >= 4 is 5.69 Å². The third kappa shape index (κ3) is 3.46. The van der Waals surface area contributed by atoms with Crippen molar-refractivity contribution in [2.24, 2.45) is 11.3 Å². The Balaban J connectivity index is 1.35. The zero-order valence-corrected chi connectivity index (χ0v) is 18.4. The maximum Gasteiger partial charge on any atom is 0.159 e. The minimum absolute atomic E-state index is 0.0844. The number of piperidine rings is 1. The van der Waals surface area contributed by atoms with Gasteiger partial charge in [0.25, 0.3) is 0 Å². The van der Waals surface area contributed by atoms with Crippen LogP contribution in [0.3, 0.4) is 0 Å². The summed E-state index contributed by atoms with van der Waals surface area (Å²) in [5, 5.41) is 0. The maximum absolute atomic E-state index is 8.05. The van der Waals surface area contributed by atoms with Crippen LogP contribution in [-0.2, 0) is 15.9 Å². The molecule has 160 valence electrons. The van der Waals surface area contributed by atoms with Crippen molar-refractivity contribution in [1.82, 2.24) is 0 Å². The summed E-state index contributed by atoms with van der Waals surface area (Å²) in [6, 6.07) is 16.4. The maximum atomic E-state index is 8.05. The summed E-state index contributed by atoms with van der Waals surface area (Å²) < 4.78 is 19.0. The molecule has 0 aromatic heterocycles. The van der Waals surface area contributed by atoms with Gasteiger partial charge in [-0.05, 0) is 72.8 Å². The number of fused-ring (bicyclic) bond motifs is 1. The van der Waals surface area contributed by atoms with Gasteiger partial charge in [0.05, 0.1) is 1.37 Å². The fraction of sp³-hybridized carbons (Fsp3) is 0.556. The fourth-order valence-corrected chi connectivity index (χ4v) is 6.32. The molecule has 1 atom stereocenters. The second-order valence-electron chi connectivity index (χ2n) is 9.53. The minimum atomic E-state index is -0.0844. The lowest BCUT2D eigenvalue weighted by atomic mass is 9.52. The number of hydrogen-bond acceptors (Lipinski definition) is 3. The average Bonchev–Trinajstić information content (AvgIpc) is 2.78. The molecule has 2 aromatic rings. The van der Waals surface area contributed by atoms with Gasteiger partial charge in [-0.25, -0.2) is 0 Å². The molecule has 1 aliphatic heterocycles. The van der Waals surface area contributed by atoms with E-state index in [0.29, 0.717) is 23.3 Å². The molecule has 2 fully saturated rings. The molecular formula is C27H35NO2. The van der Waals surface area contributed by atoms with E-state index in [1.807, 2.05) is 6.07 Å². The molecule has 0 amide bonds. The number of benzene rings is 2. The Hall–Kier alpha value is -1.84. The minimum Gasteiger partial charge on any atom is -0.372 e. The van der Waals surface area contributed by atoms with E-state index in [-0.39, 0.29) is 6.29 Å². The summed E-state index contributed by atoms with van der Waals surface area (Å²) in [7, 11) is 3.48. The number of rotatable bonds is 5. The molecule has 3 nitrogen and oxygen atoms in total. The van der Waals surface area contributed by atoms with Gasteiger partial charge in [-0.15, -0.1) is 0 Å². The van der Waals surface area contributed by atoms with Crippen molar-refractivity contribution in [2.45, 2.75) is 57.2 Å². The summed E-state index contributed by atoms with van der Waals surface area (Å²) >= 11 is 0. The van der Waals surface area contributed by atoms with Crippen LogP contribution in [0.4, 0.5) is 5.69 Å². The van der Waals surface area contributed by atoms with Crippen LogP contribution < -0.4 is 4.90 Å². The van der Waals surface area contributed by atoms with E-state index in [1.54, 1.807) is 14.2 Å². The Morgan fingerprint density at radius 3 is 2.37 bits per heavy atom. The molecule has 3 heteroatoms. The Bertz CT molecular complexity index is 896. The Morgan fingerprint density at radius 2 is 1.73 bits per heavy atom. The zero-order valence-electron chi connectivity index (χ0n) is 19.4. The first-order chi connectivity index (χ1) is 15.1. The van der Waals surface area contributed by atoms with E-state index in [4.69, 9.17) is 10.8 Å². The lowest BCUT2D eigenvalue weighted by Gasteiger charge is -2.52. The summed E-state index contributed by atoms with van der Waals surface area (Å²) in [5.41, 5.74) is 6.09. The average molecular weight is 407 g/mol. The molecular weight excluding hydrogens is 370 g/mol. The fourth-order valence-electron chi connectivity index (χ4n) is 6.32. The van der Waals surface area contributed by atoms with Gasteiger partial charge in [0, 0.05) is 44.8 Å². The highest BCUT2D eigenvalue weighted by molar-refractivity contribution is 5.51. The zero-order chi connectivity index (χ0) is 21.4. The third-order valence-corrected chi connectivity index (χ3v) is 8.13. The standard InChI is InChI=1S/C27H35NO2/c1-29-26(30-2)22-13-18-28(19-14-22)23-10-8-21(9-11-23)25-24-7-4-3-6-20(24)12-17-27(25)15-5-16-27/h3-4,6-11,22,25-26H,5,12-19H2,1-2H3/t25-/m0/s1/i3D.